The maximum atomic E-state index is 10.9. The predicted octanol–water partition coefficient (Wildman–Crippen LogP) is 1.94. The number of rotatable bonds is 7. The molecule has 1 aromatic carbocycles. The molecule has 5 nitrogen and oxygen atoms in total. The second-order valence-corrected chi connectivity index (χ2v) is 4.95. The molecule has 0 atom stereocenters. The topological polar surface area (TPSA) is 70.0 Å². The second-order valence-electron chi connectivity index (χ2n) is 4.95. The normalized spacial score (nSPS) is 11.0. The second kappa shape index (κ2) is 6.99. The van der Waals surface area contributed by atoms with E-state index in [9.17, 15) is 9.90 Å². The summed E-state index contributed by atoms with van der Waals surface area (Å²) in [6.45, 7) is 5.05. The maximum Gasteiger partial charge on any atom is 0.317 e. The first-order valence-corrected chi connectivity index (χ1v) is 6.22. The van der Waals surface area contributed by atoms with Crippen LogP contribution >= 0.6 is 0 Å². The first kappa shape index (κ1) is 15.3. The van der Waals surface area contributed by atoms with Crippen molar-refractivity contribution in [3.63, 3.8) is 0 Å². The van der Waals surface area contributed by atoms with Crippen molar-refractivity contribution in [1.29, 1.82) is 0 Å². The quantitative estimate of drug-likeness (QED) is 0.790. The number of hydrogen-bond donors (Lipinski definition) is 2. The van der Waals surface area contributed by atoms with Crippen molar-refractivity contribution in [2.45, 2.75) is 20.4 Å². The van der Waals surface area contributed by atoms with Gasteiger partial charge in [-0.05, 0) is 24.1 Å². The van der Waals surface area contributed by atoms with Gasteiger partial charge in [0.1, 0.15) is 11.5 Å². The van der Waals surface area contributed by atoms with Crippen molar-refractivity contribution in [1.82, 2.24) is 4.90 Å². The molecule has 0 aromatic heterocycles. The summed E-state index contributed by atoms with van der Waals surface area (Å²) < 4.78 is 5.11. The maximum absolute atomic E-state index is 10.9. The van der Waals surface area contributed by atoms with E-state index in [1.54, 1.807) is 30.2 Å². The summed E-state index contributed by atoms with van der Waals surface area (Å²) >= 11 is 0. The van der Waals surface area contributed by atoms with Crippen molar-refractivity contribution in [3.05, 3.63) is 23.8 Å². The molecule has 0 unspecified atom stereocenters. The lowest BCUT2D eigenvalue weighted by molar-refractivity contribution is -0.138. The molecule has 5 heteroatoms. The number of aromatic hydroxyl groups is 1. The van der Waals surface area contributed by atoms with Crippen LogP contribution in [0.25, 0.3) is 0 Å². The number of nitrogens with zero attached hydrogens (tertiary/aromatic N) is 1. The Labute approximate surface area is 113 Å². The Morgan fingerprint density at radius 1 is 1.42 bits per heavy atom. The van der Waals surface area contributed by atoms with Gasteiger partial charge in [-0.15, -0.1) is 0 Å². The van der Waals surface area contributed by atoms with Crippen LogP contribution in [0.5, 0.6) is 11.5 Å². The van der Waals surface area contributed by atoms with Crippen molar-refractivity contribution >= 4 is 5.97 Å². The Morgan fingerprint density at radius 2 is 2.11 bits per heavy atom. The van der Waals surface area contributed by atoms with Gasteiger partial charge < -0.3 is 14.9 Å². The number of benzene rings is 1. The van der Waals surface area contributed by atoms with E-state index >= 15 is 0 Å². The zero-order chi connectivity index (χ0) is 14.4. The third-order valence-corrected chi connectivity index (χ3v) is 2.66. The van der Waals surface area contributed by atoms with E-state index in [2.05, 4.69) is 0 Å². The fraction of sp³-hybridized carbons (Fsp3) is 0.500. The molecule has 0 saturated carbocycles. The van der Waals surface area contributed by atoms with E-state index in [0.717, 1.165) is 0 Å². The summed E-state index contributed by atoms with van der Waals surface area (Å²) in [6, 6.07) is 4.95. The SMILES string of the molecule is COc1ccc(O)c(CN(CC(=O)O)CC(C)C)c1. The molecule has 0 amide bonds. The van der Waals surface area contributed by atoms with Crippen LogP contribution in [0.15, 0.2) is 18.2 Å². The molecule has 0 spiro atoms. The number of carboxylic acid groups (broad SMARTS) is 1. The predicted molar refractivity (Wildman–Crippen MR) is 72.4 cm³/mol. The summed E-state index contributed by atoms with van der Waals surface area (Å²) in [5.74, 6) is 0.280. The molecule has 0 aliphatic carbocycles. The number of carboxylic acids is 1. The van der Waals surface area contributed by atoms with E-state index < -0.39 is 5.97 Å². The van der Waals surface area contributed by atoms with E-state index in [1.165, 1.54) is 0 Å². The average Bonchev–Trinajstić information content (AvgIpc) is 2.30. The number of phenolic OH excluding ortho intramolecular Hbond substituents is 1. The minimum atomic E-state index is -0.872. The van der Waals surface area contributed by atoms with Crippen LogP contribution < -0.4 is 4.74 Å². The lowest BCUT2D eigenvalue weighted by atomic mass is 10.1. The molecule has 106 valence electrons. The third kappa shape index (κ3) is 5.18. The number of phenols is 1. The van der Waals surface area contributed by atoms with Crippen LogP contribution in [0.3, 0.4) is 0 Å². The molecule has 2 N–H and O–H groups in total. The summed E-state index contributed by atoms with van der Waals surface area (Å²) in [5.41, 5.74) is 0.668. The van der Waals surface area contributed by atoms with Crippen LogP contribution in [0.1, 0.15) is 19.4 Å². The Balaban J connectivity index is 2.85. The highest BCUT2D eigenvalue weighted by Crippen LogP contribution is 2.24. The minimum Gasteiger partial charge on any atom is -0.508 e. The first-order chi connectivity index (χ1) is 8.92. The third-order valence-electron chi connectivity index (χ3n) is 2.66. The summed E-state index contributed by atoms with van der Waals surface area (Å²) in [5, 5.41) is 18.7. The highest BCUT2D eigenvalue weighted by atomic mass is 16.5. The summed E-state index contributed by atoms with van der Waals surface area (Å²) in [6.07, 6.45) is 0. The van der Waals surface area contributed by atoms with Crippen molar-refractivity contribution in [2.75, 3.05) is 20.2 Å². The van der Waals surface area contributed by atoms with E-state index in [4.69, 9.17) is 9.84 Å². The van der Waals surface area contributed by atoms with Crippen LogP contribution in [0.2, 0.25) is 0 Å². The molecular weight excluding hydrogens is 246 g/mol. The Hall–Kier alpha value is -1.75. The largest absolute Gasteiger partial charge is 0.508 e. The highest BCUT2D eigenvalue weighted by Gasteiger charge is 2.14. The van der Waals surface area contributed by atoms with Gasteiger partial charge in [-0.1, -0.05) is 13.8 Å². The number of hydrogen-bond acceptors (Lipinski definition) is 4. The van der Waals surface area contributed by atoms with Gasteiger partial charge in [0, 0.05) is 18.7 Å². The van der Waals surface area contributed by atoms with Gasteiger partial charge >= 0.3 is 5.97 Å². The number of ether oxygens (including phenoxy) is 1. The van der Waals surface area contributed by atoms with Crippen molar-refractivity contribution in [2.24, 2.45) is 5.92 Å². The molecule has 0 heterocycles. The van der Waals surface area contributed by atoms with Gasteiger partial charge in [0.15, 0.2) is 0 Å². The molecule has 0 bridgehead atoms. The van der Waals surface area contributed by atoms with Gasteiger partial charge in [0.2, 0.25) is 0 Å². The number of carbonyl (C=O) groups is 1. The lowest BCUT2D eigenvalue weighted by Crippen LogP contribution is -2.32. The van der Waals surface area contributed by atoms with Gasteiger partial charge in [-0.3, -0.25) is 9.69 Å². The molecule has 1 rings (SSSR count). The molecule has 19 heavy (non-hydrogen) atoms. The fourth-order valence-electron chi connectivity index (χ4n) is 1.95. The molecule has 0 saturated heterocycles. The van der Waals surface area contributed by atoms with Crippen LogP contribution in [0.4, 0.5) is 0 Å². The van der Waals surface area contributed by atoms with Crippen LogP contribution in [-0.4, -0.2) is 41.3 Å². The number of aliphatic carboxylic acids is 1. The lowest BCUT2D eigenvalue weighted by Gasteiger charge is -2.23. The Bertz CT molecular complexity index is 431. The molecule has 1 aromatic rings. The zero-order valence-electron chi connectivity index (χ0n) is 11.6. The molecule has 0 radical (unpaired) electrons. The Kier molecular flexibility index (Phi) is 5.63. The van der Waals surface area contributed by atoms with Crippen LogP contribution in [0, 0.1) is 5.92 Å². The van der Waals surface area contributed by atoms with Gasteiger partial charge in [-0.25, -0.2) is 0 Å². The van der Waals surface area contributed by atoms with Gasteiger partial charge in [0.05, 0.1) is 13.7 Å². The van der Waals surface area contributed by atoms with Crippen LogP contribution in [-0.2, 0) is 11.3 Å². The average molecular weight is 267 g/mol. The molecule has 0 aliphatic rings. The summed E-state index contributed by atoms with van der Waals surface area (Å²) in [4.78, 5) is 12.7. The van der Waals surface area contributed by atoms with Gasteiger partial charge in [-0.2, -0.15) is 0 Å². The van der Waals surface area contributed by atoms with Gasteiger partial charge in [0.25, 0.3) is 0 Å². The van der Waals surface area contributed by atoms with E-state index in [1.807, 2.05) is 13.8 Å². The van der Waals surface area contributed by atoms with Crippen molar-refractivity contribution in [3.8, 4) is 11.5 Å². The summed E-state index contributed by atoms with van der Waals surface area (Å²) in [7, 11) is 1.55. The van der Waals surface area contributed by atoms with Crippen molar-refractivity contribution < 1.29 is 19.7 Å². The zero-order valence-corrected chi connectivity index (χ0v) is 11.6. The number of methoxy groups -OCH3 is 1. The first-order valence-electron chi connectivity index (χ1n) is 6.22. The molecule has 0 aliphatic heterocycles. The standard InChI is InChI=1S/C14H21NO4/c1-10(2)7-15(9-14(17)18)8-11-6-12(19-3)4-5-13(11)16/h4-6,10,16H,7-9H2,1-3H3,(H,17,18). The van der Waals surface area contributed by atoms with E-state index in [0.29, 0.717) is 30.3 Å². The minimum absolute atomic E-state index is 0.0468. The fourth-order valence-corrected chi connectivity index (χ4v) is 1.95. The molecular formula is C14H21NO4. The highest BCUT2D eigenvalue weighted by molar-refractivity contribution is 5.69. The molecule has 0 fully saturated rings. The smallest absolute Gasteiger partial charge is 0.317 e. The monoisotopic (exact) mass is 267 g/mol. The Morgan fingerprint density at radius 3 is 2.63 bits per heavy atom. The van der Waals surface area contributed by atoms with E-state index in [-0.39, 0.29) is 12.3 Å².